The van der Waals surface area contributed by atoms with Crippen molar-refractivity contribution >= 4 is 18.1 Å². The number of aliphatic hydroxyl groups is 2. The number of benzene rings is 2. The molecular weight excluding hydrogens is 532 g/mol. The lowest BCUT2D eigenvalue weighted by molar-refractivity contribution is -0.141. The van der Waals surface area contributed by atoms with Gasteiger partial charge in [-0.3, -0.25) is 14.4 Å². The van der Waals surface area contributed by atoms with Crippen LogP contribution in [-0.4, -0.2) is 98.6 Å². The summed E-state index contributed by atoms with van der Waals surface area (Å²) in [5.74, 6) is -0.331. The fourth-order valence-electron chi connectivity index (χ4n) is 5.42. The van der Waals surface area contributed by atoms with Crippen molar-refractivity contribution in [2.24, 2.45) is 0 Å². The number of aldehydes is 1. The van der Waals surface area contributed by atoms with Crippen molar-refractivity contribution in [3.05, 3.63) is 64.7 Å². The molecule has 0 fully saturated rings. The first-order chi connectivity index (χ1) is 19.9. The quantitative estimate of drug-likeness (QED) is 0.304. The zero-order chi connectivity index (χ0) is 29.5. The number of amides is 2. The van der Waals surface area contributed by atoms with E-state index >= 15 is 0 Å². The summed E-state index contributed by atoms with van der Waals surface area (Å²) in [6.45, 7) is 1.82. The molecule has 2 aromatic rings. The van der Waals surface area contributed by atoms with E-state index in [-0.39, 0.29) is 37.8 Å². The summed E-state index contributed by atoms with van der Waals surface area (Å²) in [7, 11) is 3.01. The van der Waals surface area contributed by atoms with Crippen molar-refractivity contribution in [3.63, 3.8) is 0 Å². The number of hydrogen-bond donors (Lipinski definition) is 3. The molecule has 0 bridgehead atoms. The van der Waals surface area contributed by atoms with Crippen molar-refractivity contribution in [1.29, 1.82) is 0 Å². The summed E-state index contributed by atoms with van der Waals surface area (Å²) in [6, 6.07) is 9.63. The van der Waals surface area contributed by atoms with E-state index in [0.29, 0.717) is 47.7 Å². The van der Waals surface area contributed by atoms with E-state index in [0.717, 1.165) is 5.56 Å². The maximum atomic E-state index is 13.5. The van der Waals surface area contributed by atoms with E-state index in [1.807, 2.05) is 24.3 Å². The molecule has 2 amide bonds. The average Bonchev–Trinajstić information content (AvgIpc) is 3.39. The minimum atomic E-state index is -1.24. The maximum Gasteiger partial charge on any atom is 0.249 e. The van der Waals surface area contributed by atoms with E-state index in [1.165, 1.54) is 18.1 Å². The highest BCUT2D eigenvalue weighted by atomic mass is 16.5. The molecule has 0 saturated heterocycles. The summed E-state index contributed by atoms with van der Waals surface area (Å²) in [5, 5.41) is 23.7. The van der Waals surface area contributed by atoms with Gasteiger partial charge in [0.1, 0.15) is 30.9 Å². The van der Waals surface area contributed by atoms with Crippen LogP contribution in [0.2, 0.25) is 0 Å². The molecule has 11 heteroatoms. The van der Waals surface area contributed by atoms with E-state index < -0.39 is 30.1 Å². The first-order valence-corrected chi connectivity index (χ1v) is 13.5. The molecule has 0 saturated carbocycles. The van der Waals surface area contributed by atoms with Gasteiger partial charge in [-0.2, -0.15) is 0 Å². The average molecular weight is 569 g/mol. The number of carbonyl (C=O) groups is 3. The summed E-state index contributed by atoms with van der Waals surface area (Å²) < 4.78 is 22.6. The number of hydrogen-bond acceptors (Lipinski definition) is 9. The van der Waals surface area contributed by atoms with Crippen LogP contribution < -0.4 is 19.5 Å². The highest BCUT2D eigenvalue weighted by Crippen LogP contribution is 2.51. The van der Waals surface area contributed by atoms with E-state index in [9.17, 15) is 24.6 Å². The Morgan fingerprint density at radius 2 is 1.90 bits per heavy atom. The first-order valence-electron chi connectivity index (χ1n) is 13.5. The van der Waals surface area contributed by atoms with Gasteiger partial charge in [-0.25, -0.2) is 0 Å². The second-order valence-corrected chi connectivity index (χ2v) is 9.69. The Labute approximate surface area is 238 Å². The van der Waals surface area contributed by atoms with E-state index in [1.54, 1.807) is 26.2 Å². The minimum Gasteiger partial charge on any atom is -0.496 e. The van der Waals surface area contributed by atoms with Crippen molar-refractivity contribution in [3.8, 4) is 17.2 Å². The largest absolute Gasteiger partial charge is 0.496 e. The third-order valence-electron chi connectivity index (χ3n) is 7.34. The van der Waals surface area contributed by atoms with E-state index in [2.05, 4.69) is 5.32 Å². The van der Waals surface area contributed by atoms with Crippen molar-refractivity contribution < 1.29 is 43.5 Å². The second kappa shape index (κ2) is 13.6. The topological polar surface area (TPSA) is 144 Å². The number of rotatable bonds is 13. The Morgan fingerprint density at radius 1 is 1.15 bits per heavy atom. The fourth-order valence-corrected chi connectivity index (χ4v) is 5.42. The molecule has 0 radical (unpaired) electrons. The molecule has 1 aliphatic heterocycles. The Morgan fingerprint density at radius 3 is 2.59 bits per heavy atom. The van der Waals surface area contributed by atoms with E-state index in [4.69, 9.17) is 18.9 Å². The van der Waals surface area contributed by atoms with Gasteiger partial charge in [0.25, 0.3) is 0 Å². The maximum absolute atomic E-state index is 13.5. The third kappa shape index (κ3) is 6.22. The van der Waals surface area contributed by atoms with Crippen molar-refractivity contribution in [1.82, 2.24) is 10.2 Å². The van der Waals surface area contributed by atoms with Crippen LogP contribution in [0.4, 0.5) is 0 Å². The first kappa shape index (κ1) is 30.0. The highest BCUT2D eigenvalue weighted by molar-refractivity contribution is 5.96. The predicted molar refractivity (Wildman–Crippen MR) is 148 cm³/mol. The highest BCUT2D eigenvalue weighted by Gasteiger charge is 2.51. The molecule has 2 aromatic carbocycles. The zero-order valence-corrected chi connectivity index (χ0v) is 23.4. The number of para-hydroxylation sites is 1. The molecule has 1 heterocycles. The molecule has 4 atom stereocenters. The molecule has 0 spiro atoms. The Kier molecular flexibility index (Phi) is 9.98. The monoisotopic (exact) mass is 568 g/mol. The van der Waals surface area contributed by atoms with Gasteiger partial charge in [-0.05, 0) is 43.2 Å². The van der Waals surface area contributed by atoms with Gasteiger partial charge >= 0.3 is 0 Å². The van der Waals surface area contributed by atoms with Gasteiger partial charge in [0.05, 0.1) is 32.8 Å². The van der Waals surface area contributed by atoms with Crippen LogP contribution in [0.1, 0.15) is 34.3 Å². The minimum absolute atomic E-state index is 0.00692. The van der Waals surface area contributed by atoms with Crippen LogP contribution in [0.15, 0.2) is 48.0 Å². The molecule has 41 heavy (non-hydrogen) atoms. The number of ether oxygens (including phenoxy) is 4. The summed E-state index contributed by atoms with van der Waals surface area (Å²) in [6.07, 6.45) is 0.452. The fraction of sp³-hybridized carbons (Fsp3) is 0.433. The molecular formula is C30H36N2O9. The van der Waals surface area contributed by atoms with Gasteiger partial charge in [-0.1, -0.05) is 18.2 Å². The number of nitrogens with one attached hydrogen (secondary N) is 1. The normalized spacial score (nSPS) is 20.7. The van der Waals surface area contributed by atoms with Gasteiger partial charge in [-0.15, -0.1) is 0 Å². The molecule has 4 rings (SSSR count). The molecule has 220 valence electrons. The zero-order valence-electron chi connectivity index (χ0n) is 23.4. The summed E-state index contributed by atoms with van der Waals surface area (Å²) in [5.41, 5.74) is 1.95. The third-order valence-corrected chi connectivity index (χ3v) is 7.34. The smallest absolute Gasteiger partial charge is 0.249 e. The van der Waals surface area contributed by atoms with Crippen LogP contribution in [0.3, 0.4) is 0 Å². The molecule has 4 unspecified atom stereocenters. The molecule has 1 aliphatic carbocycles. The van der Waals surface area contributed by atoms with Gasteiger partial charge in [0.2, 0.25) is 11.8 Å². The molecule has 11 nitrogen and oxygen atoms in total. The van der Waals surface area contributed by atoms with Crippen molar-refractivity contribution in [2.45, 2.75) is 37.5 Å². The molecule has 3 N–H and O–H groups in total. The molecule has 0 aromatic heterocycles. The van der Waals surface area contributed by atoms with Crippen LogP contribution in [0, 0.1) is 0 Å². The lowest BCUT2D eigenvalue weighted by Gasteiger charge is -2.40. The number of methoxy groups -OCH3 is 2. The van der Waals surface area contributed by atoms with Crippen LogP contribution >= 0.6 is 0 Å². The SMILES string of the molecule is CCOCC(=O)N(CCc1ccccc1OC)C1C=C(C(=O)NCCO)C2c3cc(C=O)cc(OC)c3OC2C1O. The van der Waals surface area contributed by atoms with Gasteiger partial charge < -0.3 is 39.4 Å². The van der Waals surface area contributed by atoms with Crippen LogP contribution in [0.25, 0.3) is 0 Å². The second-order valence-electron chi connectivity index (χ2n) is 9.69. The Hall–Kier alpha value is -3.93. The molecule has 2 aliphatic rings. The summed E-state index contributed by atoms with van der Waals surface area (Å²) in [4.78, 5) is 40.0. The van der Waals surface area contributed by atoms with Crippen LogP contribution in [0.5, 0.6) is 17.2 Å². The van der Waals surface area contributed by atoms with Gasteiger partial charge in [0, 0.05) is 36.4 Å². The predicted octanol–water partition coefficient (Wildman–Crippen LogP) is 1.25. The lowest BCUT2D eigenvalue weighted by atomic mass is 9.77. The number of carbonyl (C=O) groups excluding carboxylic acids is 3. The van der Waals surface area contributed by atoms with Gasteiger partial charge in [0.15, 0.2) is 11.5 Å². The van der Waals surface area contributed by atoms with Crippen molar-refractivity contribution in [2.75, 3.05) is 47.1 Å². The standard InChI is InChI=1S/C30H36N2O9/c1-4-40-17-25(35)32(11-9-19-7-5-6-8-23(19)38-2)22-15-21(30(37)31-10-12-33)26-20-13-18(16-34)14-24(39-3)28(20)41-29(26)27(22)36/h5-8,13-16,22,26-27,29,33,36H,4,9-12,17H2,1-3H3,(H,31,37). The lowest BCUT2D eigenvalue weighted by Crippen LogP contribution is -2.56. The number of aliphatic hydroxyl groups excluding tert-OH is 2. The number of nitrogens with zero attached hydrogens (tertiary/aromatic N) is 1. The Balaban J connectivity index is 1.77. The Bertz CT molecular complexity index is 1290. The summed E-state index contributed by atoms with van der Waals surface area (Å²) >= 11 is 0. The number of fused-ring (bicyclic) bond motifs is 3. The van der Waals surface area contributed by atoms with Crippen LogP contribution in [-0.2, 0) is 20.7 Å².